The van der Waals surface area contributed by atoms with E-state index in [4.69, 9.17) is 9.47 Å². The Kier molecular flexibility index (Phi) is 9.19. The molecule has 0 unspecified atom stereocenters. The Morgan fingerprint density at radius 2 is 1.87 bits per heavy atom. The van der Waals surface area contributed by atoms with Crippen molar-refractivity contribution in [1.29, 1.82) is 0 Å². The minimum Gasteiger partial charge on any atom is -0.508 e. The molecule has 0 aliphatic heterocycles. The summed E-state index contributed by atoms with van der Waals surface area (Å²) in [6.45, 7) is 1.88. The molecule has 30 heavy (non-hydrogen) atoms. The summed E-state index contributed by atoms with van der Waals surface area (Å²) in [6, 6.07) is 13.0. The zero-order valence-electron chi connectivity index (χ0n) is 16.2. The number of carbonyl (C=O) groups excluding carboxylic acids is 3. The highest BCUT2D eigenvalue weighted by Crippen LogP contribution is 2.36. The van der Waals surface area contributed by atoms with Gasteiger partial charge in [0.25, 0.3) is 5.91 Å². The van der Waals surface area contributed by atoms with Gasteiger partial charge in [-0.15, -0.1) is 0 Å². The number of thiol groups is 1. The van der Waals surface area contributed by atoms with Crippen LogP contribution in [0.4, 0.5) is 4.79 Å². The van der Waals surface area contributed by atoms with Gasteiger partial charge in [-0.1, -0.05) is 41.1 Å². The molecule has 0 bridgehead atoms. The average molecular weight is 496 g/mol. The Balaban J connectivity index is 2.14. The maximum absolute atomic E-state index is 12.4. The Hall–Kier alpha value is -2.52. The first-order chi connectivity index (χ1) is 14.3. The second-order valence-electron chi connectivity index (χ2n) is 6.49. The number of alkyl carbamates (subject to hydrolysis) is 1. The van der Waals surface area contributed by atoms with Gasteiger partial charge in [0.2, 0.25) is 0 Å². The van der Waals surface area contributed by atoms with Crippen molar-refractivity contribution in [3.63, 3.8) is 0 Å². The van der Waals surface area contributed by atoms with Crippen molar-refractivity contribution in [3.8, 4) is 5.75 Å². The maximum Gasteiger partial charge on any atom is 0.414 e. The van der Waals surface area contributed by atoms with Crippen LogP contribution >= 0.6 is 28.6 Å². The van der Waals surface area contributed by atoms with E-state index in [-0.39, 0.29) is 24.0 Å². The number of benzene rings is 2. The minimum atomic E-state index is -0.951. The molecule has 0 heterocycles. The second kappa shape index (κ2) is 11.6. The number of amides is 2. The number of hydrogen-bond donors (Lipinski definition) is 3. The van der Waals surface area contributed by atoms with E-state index >= 15 is 0 Å². The molecular formula is C21H22BrNO6S. The quantitative estimate of drug-likeness (QED) is 0.373. The van der Waals surface area contributed by atoms with E-state index in [0.717, 1.165) is 0 Å². The fraction of sp³-hybridized carbons (Fsp3) is 0.286. The smallest absolute Gasteiger partial charge is 0.414 e. The van der Waals surface area contributed by atoms with Crippen LogP contribution < -0.4 is 5.32 Å². The van der Waals surface area contributed by atoms with Crippen LogP contribution in [-0.4, -0.2) is 35.4 Å². The molecule has 2 N–H and O–H groups in total. The third-order valence-electron chi connectivity index (χ3n) is 4.26. The molecule has 0 aliphatic carbocycles. The summed E-state index contributed by atoms with van der Waals surface area (Å²) in [6.07, 6.45) is -1.48. The van der Waals surface area contributed by atoms with Crippen LogP contribution in [0.3, 0.4) is 0 Å². The van der Waals surface area contributed by atoms with Crippen molar-refractivity contribution < 1.29 is 29.0 Å². The number of phenols is 1. The standard InChI is InChI=1S/C21H22BrNO6S/c1-13(9-10-28-18(25)12-30)19(16-11-15(22)7-8-17(16)24)29-21(27)23-20(26)14-5-3-2-4-6-14/h2-8,11,13,19,24,30H,9-10,12H2,1H3,(H,23,26,27)/t13-,19-/m0/s1. The number of rotatable bonds is 8. The molecule has 160 valence electrons. The van der Waals surface area contributed by atoms with Crippen LogP contribution in [0.2, 0.25) is 0 Å². The number of esters is 1. The molecule has 9 heteroatoms. The van der Waals surface area contributed by atoms with Crippen LogP contribution in [0.25, 0.3) is 0 Å². The largest absolute Gasteiger partial charge is 0.508 e. The van der Waals surface area contributed by atoms with Gasteiger partial charge in [0.1, 0.15) is 11.9 Å². The van der Waals surface area contributed by atoms with Gasteiger partial charge in [0.15, 0.2) is 0 Å². The van der Waals surface area contributed by atoms with Crippen molar-refractivity contribution in [3.05, 3.63) is 64.1 Å². The Labute approximate surface area is 188 Å². The molecule has 0 aliphatic rings. The number of halogens is 1. The summed E-state index contributed by atoms with van der Waals surface area (Å²) in [7, 11) is 0. The van der Waals surface area contributed by atoms with Gasteiger partial charge >= 0.3 is 12.1 Å². The molecule has 0 saturated heterocycles. The van der Waals surface area contributed by atoms with Gasteiger partial charge in [-0.05, 0) is 36.8 Å². The summed E-state index contributed by atoms with van der Waals surface area (Å²) in [5, 5.41) is 12.5. The van der Waals surface area contributed by atoms with E-state index < -0.39 is 24.1 Å². The molecule has 0 fully saturated rings. The molecule has 0 saturated carbocycles. The third kappa shape index (κ3) is 7.07. The van der Waals surface area contributed by atoms with Gasteiger partial charge in [0.05, 0.1) is 12.4 Å². The first-order valence-corrected chi connectivity index (χ1v) is 10.6. The van der Waals surface area contributed by atoms with E-state index in [1.807, 2.05) is 0 Å². The number of carbonyl (C=O) groups is 3. The van der Waals surface area contributed by atoms with E-state index in [1.165, 1.54) is 6.07 Å². The molecule has 2 rings (SSSR count). The molecule has 7 nitrogen and oxygen atoms in total. The second-order valence-corrected chi connectivity index (χ2v) is 7.73. The highest BCUT2D eigenvalue weighted by atomic mass is 79.9. The topological polar surface area (TPSA) is 102 Å². The lowest BCUT2D eigenvalue weighted by molar-refractivity contribution is -0.141. The van der Waals surface area contributed by atoms with Gasteiger partial charge in [-0.3, -0.25) is 14.9 Å². The summed E-state index contributed by atoms with van der Waals surface area (Å²) >= 11 is 7.18. The number of phenolic OH excluding ortho intramolecular Hbond substituents is 1. The molecule has 2 aromatic rings. The fourth-order valence-electron chi connectivity index (χ4n) is 2.69. The number of ether oxygens (including phenoxy) is 2. The van der Waals surface area contributed by atoms with Crippen molar-refractivity contribution in [1.82, 2.24) is 5.32 Å². The average Bonchev–Trinajstić information content (AvgIpc) is 2.74. The van der Waals surface area contributed by atoms with Crippen LogP contribution in [-0.2, 0) is 14.3 Å². The Bertz CT molecular complexity index is 892. The lowest BCUT2D eigenvalue weighted by Crippen LogP contribution is -2.33. The number of hydrogen-bond acceptors (Lipinski definition) is 7. The number of imide groups is 1. The van der Waals surface area contributed by atoms with E-state index in [9.17, 15) is 19.5 Å². The number of nitrogens with one attached hydrogen (secondary N) is 1. The van der Waals surface area contributed by atoms with E-state index in [1.54, 1.807) is 49.4 Å². The minimum absolute atomic E-state index is 0.0370. The predicted octanol–water partition coefficient (Wildman–Crippen LogP) is 4.26. The molecule has 0 radical (unpaired) electrons. The molecule has 2 amide bonds. The highest BCUT2D eigenvalue weighted by Gasteiger charge is 2.27. The zero-order valence-corrected chi connectivity index (χ0v) is 18.7. The van der Waals surface area contributed by atoms with Crippen molar-refractivity contribution in [2.24, 2.45) is 5.92 Å². The van der Waals surface area contributed by atoms with Crippen molar-refractivity contribution in [2.45, 2.75) is 19.4 Å². The van der Waals surface area contributed by atoms with Gasteiger partial charge < -0.3 is 14.6 Å². The Morgan fingerprint density at radius 3 is 2.53 bits per heavy atom. The van der Waals surface area contributed by atoms with Gasteiger partial charge in [0, 0.05) is 21.5 Å². The lowest BCUT2D eigenvalue weighted by Gasteiger charge is -2.25. The molecular weight excluding hydrogens is 474 g/mol. The fourth-order valence-corrected chi connectivity index (χ4v) is 3.16. The predicted molar refractivity (Wildman–Crippen MR) is 118 cm³/mol. The van der Waals surface area contributed by atoms with Crippen LogP contribution in [0.1, 0.15) is 35.4 Å². The van der Waals surface area contributed by atoms with Crippen molar-refractivity contribution in [2.75, 3.05) is 12.4 Å². The number of aromatic hydroxyl groups is 1. The molecule has 2 aromatic carbocycles. The summed E-state index contributed by atoms with van der Waals surface area (Å²) in [5.74, 6) is -1.50. The monoisotopic (exact) mass is 495 g/mol. The van der Waals surface area contributed by atoms with Crippen LogP contribution in [0, 0.1) is 5.92 Å². The molecule has 0 spiro atoms. The SMILES string of the molecule is C[C@@H](CCOC(=O)CS)[C@H](OC(=O)NC(=O)c1ccccc1)c1cc(Br)ccc1O. The van der Waals surface area contributed by atoms with Gasteiger partial charge in [-0.2, -0.15) is 12.6 Å². The third-order valence-corrected chi connectivity index (χ3v) is 5.02. The van der Waals surface area contributed by atoms with Crippen LogP contribution in [0.15, 0.2) is 53.0 Å². The maximum atomic E-state index is 12.4. The normalized spacial score (nSPS) is 12.5. The first kappa shape index (κ1) is 23.8. The van der Waals surface area contributed by atoms with Crippen molar-refractivity contribution >= 4 is 46.5 Å². The van der Waals surface area contributed by atoms with E-state index in [0.29, 0.717) is 22.0 Å². The highest BCUT2D eigenvalue weighted by molar-refractivity contribution is 9.10. The van der Waals surface area contributed by atoms with Gasteiger partial charge in [-0.25, -0.2) is 4.79 Å². The van der Waals surface area contributed by atoms with E-state index in [2.05, 4.69) is 33.9 Å². The molecule has 2 atom stereocenters. The summed E-state index contributed by atoms with van der Waals surface area (Å²) in [4.78, 5) is 35.9. The van der Waals surface area contributed by atoms with Crippen LogP contribution in [0.5, 0.6) is 5.75 Å². The Morgan fingerprint density at radius 1 is 1.17 bits per heavy atom. The molecule has 0 aromatic heterocycles. The summed E-state index contributed by atoms with van der Waals surface area (Å²) in [5.41, 5.74) is 0.669. The zero-order chi connectivity index (χ0) is 22.1. The summed E-state index contributed by atoms with van der Waals surface area (Å²) < 4.78 is 11.2. The first-order valence-electron chi connectivity index (χ1n) is 9.13. The lowest BCUT2D eigenvalue weighted by atomic mass is 9.94.